The van der Waals surface area contributed by atoms with E-state index in [0.717, 1.165) is 22.8 Å². The number of methoxy groups -OCH3 is 1. The molecule has 3 aromatic rings. The van der Waals surface area contributed by atoms with Gasteiger partial charge in [-0.05, 0) is 44.2 Å². The first-order chi connectivity index (χ1) is 12.4. The molecule has 2 N–H and O–H groups in total. The van der Waals surface area contributed by atoms with Crippen LogP contribution in [0.3, 0.4) is 0 Å². The highest BCUT2D eigenvalue weighted by atomic mass is 16.5. The molecule has 0 unspecified atom stereocenters. The van der Waals surface area contributed by atoms with E-state index < -0.39 is 0 Å². The summed E-state index contributed by atoms with van der Waals surface area (Å²) in [5.74, 6) is 1.86. The number of nitrogens with zero attached hydrogens (tertiary/aromatic N) is 4. The van der Waals surface area contributed by atoms with E-state index in [-0.39, 0.29) is 5.91 Å². The van der Waals surface area contributed by atoms with Crippen molar-refractivity contribution < 1.29 is 9.53 Å². The van der Waals surface area contributed by atoms with Crippen LogP contribution in [-0.2, 0) is 4.79 Å². The van der Waals surface area contributed by atoms with Gasteiger partial charge in [0, 0.05) is 24.4 Å². The molecule has 0 spiro atoms. The smallest absolute Gasteiger partial charge is 0.254 e. The molecule has 0 aliphatic heterocycles. The molecule has 0 atom stereocenters. The number of carbonyl (C=O) groups is 1. The largest absolute Gasteiger partial charge is 0.497 e. The van der Waals surface area contributed by atoms with Gasteiger partial charge in [-0.2, -0.15) is 15.1 Å². The first kappa shape index (κ1) is 17.4. The molecule has 0 saturated carbocycles. The van der Waals surface area contributed by atoms with Crippen LogP contribution in [0.1, 0.15) is 18.3 Å². The van der Waals surface area contributed by atoms with E-state index in [4.69, 9.17) is 4.74 Å². The molecule has 0 radical (unpaired) electrons. The van der Waals surface area contributed by atoms with Gasteiger partial charge in [-0.1, -0.05) is 0 Å². The first-order valence-corrected chi connectivity index (χ1v) is 8.06. The number of amides is 1. The molecular formula is C18H20N6O2. The summed E-state index contributed by atoms with van der Waals surface area (Å²) in [6.45, 7) is 5.25. The number of hydrogen-bond donors (Lipinski definition) is 2. The van der Waals surface area contributed by atoms with Crippen molar-refractivity contribution in [1.82, 2.24) is 19.7 Å². The normalized spacial score (nSPS) is 10.5. The molecule has 0 aliphatic carbocycles. The molecule has 134 valence electrons. The van der Waals surface area contributed by atoms with Crippen molar-refractivity contribution in [1.29, 1.82) is 0 Å². The molecule has 8 nitrogen and oxygen atoms in total. The van der Waals surface area contributed by atoms with E-state index >= 15 is 0 Å². The maximum absolute atomic E-state index is 11.4. The Kier molecular flexibility index (Phi) is 4.83. The van der Waals surface area contributed by atoms with Crippen molar-refractivity contribution in [3.63, 3.8) is 0 Å². The first-order valence-electron chi connectivity index (χ1n) is 8.06. The molecule has 0 bridgehead atoms. The number of aromatic nitrogens is 4. The highest BCUT2D eigenvalue weighted by molar-refractivity contribution is 5.88. The molecule has 8 heteroatoms. The maximum atomic E-state index is 11.4. The summed E-state index contributed by atoms with van der Waals surface area (Å²) in [6.07, 6.45) is 0. The van der Waals surface area contributed by atoms with Crippen LogP contribution in [0.25, 0.3) is 5.95 Å². The quantitative estimate of drug-likeness (QED) is 0.733. The van der Waals surface area contributed by atoms with Gasteiger partial charge in [0.15, 0.2) is 0 Å². The molecule has 0 aliphatic rings. The highest BCUT2D eigenvalue weighted by Gasteiger charge is 2.11. The van der Waals surface area contributed by atoms with Crippen LogP contribution in [0.2, 0.25) is 0 Å². The van der Waals surface area contributed by atoms with E-state index in [0.29, 0.717) is 17.6 Å². The molecular weight excluding hydrogens is 332 g/mol. The Labute approximate surface area is 151 Å². The predicted octanol–water partition coefficient (Wildman–Crippen LogP) is 2.99. The van der Waals surface area contributed by atoms with Crippen LogP contribution < -0.4 is 15.4 Å². The molecule has 0 saturated heterocycles. The lowest BCUT2D eigenvalue weighted by Crippen LogP contribution is -2.12. The van der Waals surface area contributed by atoms with Crippen molar-refractivity contribution in [2.45, 2.75) is 20.8 Å². The second-order valence-corrected chi connectivity index (χ2v) is 5.81. The summed E-state index contributed by atoms with van der Waals surface area (Å²) in [7, 11) is 1.62. The fraction of sp³-hybridized carbons (Fsp3) is 0.222. The Hall–Kier alpha value is -3.42. The zero-order valence-corrected chi connectivity index (χ0v) is 15.1. The van der Waals surface area contributed by atoms with Gasteiger partial charge in [0.05, 0.1) is 12.8 Å². The third-order valence-corrected chi connectivity index (χ3v) is 3.58. The average molecular weight is 352 g/mol. The minimum Gasteiger partial charge on any atom is -0.497 e. The molecule has 0 fully saturated rings. The number of rotatable bonds is 5. The second kappa shape index (κ2) is 7.22. The maximum Gasteiger partial charge on any atom is 0.254 e. The van der Waals surface area contributed by atoms with Crippen LogP contribution >= 0.6 is 0 Å². The molecule has 2 heterocycles. The zero-order valence-electron chi connectivity index (χ0n) is 15.1. The van der Waals surface area contributed by atoms with Crippen molar-refractivity contribution >= 4 is 23.2 Å². The van der Waals surface area contributed by atoms with E-state index in [1.54, 1.807) is 17.9 Å². The zero-order chi connectivity index (χ0) is 18.7. The van der Waals surface area contributed by atoms with Gasteiger partial charge in [0.25, 0.3) is 5.95 Å². The van der Waals surface area contributed by atoms with Crippen molar-refractivity contribution in [3.05, 3.63) is 47.8 Å². The van der Waals surface area contributed by atoms with Crippen molar-refractivity contribution in [2.24, 2.45) is 0 Å². The van der Waals surface area contributed by atoms with E-state index in [2.05, 4.69) is 25.7 Å². The number of carbonyl (C=O) groups excluding carboxylic acids is 1. The summed E-state index contributed by atoms with van der Waals surface area (Å²) >= 11 is 0. The highest BCUT2D eigenvalue weighted by Crippen LogP contribution is 2.21. The number of hydrogen-bond acceptors (Lipinski definition) is 6. The molecule has 3 rings (SSSR count). The molecule has 2 aromatic heterocycles. The molecule has 1 amide bonds. The number of ether oxygens (including phenoxy) is 1. The lowest BCUT2D eigenvalue weighted by molar-refractivity contribution is -0.114. The topological polar surface area (TPSA) is 94.0 Å². The number of anilines is 3. The van der Waals surface area contributed by atoms with Gasteiger partial charge in [0.1, 0.15) is 17.4 Å². The second-order valence-electron chi connectivity index (χ2n) is 5.81. The van der Waals surface area contributed by atoms with E-state index in [1.165, 1.54) is 6.92 Å². The fourth-order valence-corrected chi connectivity index (χ4v) is 2.49. The standard InChI is InChI=1S/C18H20N6O2/c1-11-9-12(2)24(23-11)18-21-16(19-13(3)25)10-17(22-18)20-14-5-7-15(26-4)8-6-14/h5-10H,1-4H3,(H2,19,20,21,22,25). The van der Waals surface area contributed by atoms with E-state index in [9.17, 15) is 4.79 Å². The molecule has 1 aromatic carbocycles. The third kappa shape index (κ3) is 3.97. The van der Waals surface area contributed by atoms with Crippen LogP contribution in [0, 0.1) is 13.8 Å². The lowest BCUT2D eigenvalue weighted by atomic mass is 10.3. The van der Waals surface area contributed by atoms with Gasteiger partial charge in [-0.15, -0.1) is 0 Å². The summed E-state index contributed by atoms with van der Waals surface area (Å²) in [6, 6.07) is 11.1. The number of nitrogens with one attached hydrogen (secondary N) is 2. The Morgan fingerprint density at radius 1 is 1.08 bits per heavy atom. The summed E-state index contributed by atoms with van der Waals surface area (Å²) in [5.41, 5.74) is 2.59. The predicted molar refractivity (Wildman–Crippen MR) is 99.2 cm³/mol. The van der Waals surface area contributed by atoms with Crippen LogP contribution in [0.5, 0.6) is 5.75 Å². The Bertz CT molecular complexity index is 933. The number of benzene rings is 1. The summed E-state index contributed by atoms with van der Waals surface area (Å²) in [5, 5.41) is 10.3. The minimum atomic E-state index is -0.210. The Morgan fingerprint density at radius 3 is 2.35 bits per heavy atom. The molecule has 26 heavy (non-hydrogen) atoms. The SMILES string of the molecule is COc1ccc(Nc2cc(NC(C)=O)nc(-n3nc(C)cc3C)n2)cc1. The van der Waals surface area contributed by atoms with Gasteiger partial charge >= 0.3 is 0 Å². The summed E-state index contributed by atoms with van der Waals surface area (Å²) < 4.78 is 6.80. The number of aryl methyl sites for hydroxylation is 2. The van der Waals surface area contributed by atoms with Gasteiger partial charge in [-0.3, -0.25) is 4.79 Å². The summed E-state index contributed by atoms with van der Waals surface area (Å²) in [4.78, 5) is 20.3. The van der Waals surface area contributed by atoms with Crippen LogP contribution in [0.15, 0.2) is 36.4 Å². The van der Waals surface area contributed by atoms with Crippen LogP contribution in [-0.4, -0.2) is 32.8 Å². The monoisotopic (exact) mass is 352 g/mol. The van der Waals surface area contributed by atoms with Gasteiger partial charge in [0.2, 0.25) is 5.91 Å². The van der Waals surface area contributed by atoms with Gasteiger partial charge < -0.3 is 15.4 Å². The average Bonchev–Trinajstić information content (AvgIpc) is 2.93. The van der Waals surface area contributed by atoms with E-state index in [1.807, 2.05) is 44.2 Å². The van der Waals surface area contributed by atoms with Gasteiger partial charge in [-0.25, -0.2) is 4.68 Å². The Balaban J connectivity index is 1.98. The fourth-order valence-electron chi connectivity index (χ4n) is 2.49. The minimum absolute atomic E-state index is 0.210. The van der Waals surface area contributed by atoms with Crippen molar-refractivity contribution in [3.8, 4) is 11.7 Å². The van der Waals surface area contributed by atoms with Crippen LogP contribution in [0.4, 0.5) is 17.3 Å². The lowest BCUT2D eigenvalue weighted by Gasteiger charge is -2.11. The van der Waals surface area contributed by atoms with Crippen molar-refractivity contribution in [2.75, 3.05) is 17.7 Å². The Morgan fingerprint density at radius 2 is 1.77 bits per heavy atom. The third-order valence-electron chi connectivity index (χ3n) is 3.58.